The van der Waals surface area contributed by atoms with Crippen LogP contribution in [0.25, 0.3) is 0 Å². The fourth-order valence-corrected chi connectivity index (χ4v) is 3.96. The summed E-state index contributed by atoms with van der Waals surface area (Å²) in [7, 11) is 0. The normalized spacial score (nSPS) is 20.9. The first-order valence-electron chi connectivity index (χ1n) is 8.10. The van der Waals surface area contributed by atoms with E-state index in [1.165, 1.54) is 0 Å². The number of para-hydroxylation sites is 1. The average Bonchev–Trinajstić information content (AvgIpc) is 2.86. The molecule has 4 nitrogen and oxygen atoms in total. The Balaban J connectivity index is 0.00000182. The van der Waals surface area contributed by atoms with Crippen molar-refractivity contribution in [3.63, 3.8) is 0 Å². The minimum absolute atomic E-state index is 0. The highest BCUT2D eigenvalue weighted by molar-refractivity contribution is 6.30. The SMILES string of the molecule is CC(=O)NC1(c2cccc(Cl)c2)C2=NCCCN2c2ccccc21.Cl. The summed E-state index contributed by atoms with van der Waals surface area (Å²) in [6.07, 6.45) is 1.00. The Morgan fingerprint density at radius 2 is 2.04 bits per heavy atom. The second kappa shape index (κ2) is 6.70. The van der Waals surface area contributed by atoms with Crippen LogP contribution >= 0.6 is 24.0 Å². The highest BCUT2D eigenvalue weighted by Crippen LogP contribution is 2.46. The van der Waals surface area contributed by atoms with Gasteiger partial charge in [0.05, 0.1) is 0 Å². The van der Waals surface area contributed by atoms with Crippen LogP contribution in [0.4, 0.5) is 5.69 Å². The van der Waals surface area contributed by atoms with Gasteiger partial charge in [-0.3, -0.25) is 9.79 Å². The fraction of sp³-hybridized carbons (Fsp3) is 0.263. The highest BCUT2D eigenvalue weighted by atomic mass is 35.5. The van der Waals surface area contributed by atoms with Gasteiger partial charge >= 0.3 is 0 Å². The molecule has 0 fully saturated rings. The molecule has 0 bridgehead atoms. The van der Waals surface area contributed by atoms with Gasteiger partial charge in [0.2, 0.25) is 5.91 Å². The second-order valence-corrected chi connectivity index (χ2v) is 6.61. The number of fused-ring (bicyclic) bond motifs is 3. The van der Waals surface area contributed by atoms with E-state index in [2.05, 4.69) is 22.3 Å². The molecule has 0 saturated carbocycles. The summed E-state index contributed by atoms with van der Waals surface area (Å²) in [6.45, 7) is 3.21. The van der Waals surface area contributed by atoms with Gasteiger partial charge in [-0.2, -0.15) is 0 Å². The molecule has 4 rings (SSSR count). The first kappa shape index (κ1) is 17.8. The molecule has 2 aliphatic heterocycles. The van der Waals surface area contributed by atoms with E-state index in [1.54, 1.807) is 6.92 Å². The number of aliphatic imine (C=N–C) groups is 1. The molecular weight excluding hydrogens is 357 g/mol. The summed E-state index contributed by atoms with van der Waals surface area (Å²) in [6, 6.07) is 15.8. The van der Waals surface area contributed by atoms with E-state index in [1.807, 2.05) is 36.4 Å². The molecule has 1 unspecified atom stereocenters. The van der Waals surface area contributed by atoms with E-state index in [0.29, 0.717) is 5.02 Å². The van der Waals surface area contributed by atoms with Crippen LogP contribution < -0.4 is 10.2 Å². The smallest absolute Gasteiger partial charge is 0.218 e. The van der Waals surface area contributed by atoms with Gasteiger partial charge in [-0.05, 0) is 30.2 Å². The van der Waals surface area contributed by atoms with Gasteiger partial charge in [-0.1, -0.05) is 41.9 Å². The Labute approximate surface area is 158 Å². The number of rotatable bonds is 2. The number of amidine groups is 1. The monoisotopic (exact) mass is 375 g/mol. The molecule has 25 heavy (non-hydrogen) atoms. The lowest BCUT2D eigenvalue weighted by atomic mass is 9.83. The Bertz CT molecular complexity index is 852. The number of carbonyl (C=O) groups is 1. The molecule has 2 aliphatic rings. The van der Waals surface area contributed by atoms with E-state index in [9.17, 15) is 4.79 Å². The van der Waals surface area contributed by atoms with Gasteiger partial charge < -0.3 is 10.2 Å². The maximum absolute atomic E-state index is 12.1. The molecule has 0 radical (unpaired) electrons. The highest BCUT2D eigenvalue weighted by Gasteiger charge is 2.51. The third-order valence-corrected chi connectivity index (χ3v) is 4.85. The molecule has 6 heteroatoms. The molecule has 0 aromatic heterocycles. The predicted octanol–water partition coefficient (Wildman–Crippen LogP) is 3.76. The number of hydrogen-bond acceptors (Lipinski definition) is 3. The van der Waals surface area contributed by atoms with Crippen LogP contribution in [0.15, 0.2) is 53.5 Å². The number of nitrogens with one attached hydrogen (secondary N) is 1. The quantitative estimate of drug-likeness (QED) is 0.868. The second-order valence-electron chi connectivity index (χ2n) is 6.17. The van der Waals surface area contributed by atoms with Crippen LogP contribution in [-0.4, -0.2) is 24.8 Å². The van der Waals surface area contributed by atoms with Crippen molar-refractivity contribution in [1.82, 2.24) is 5.32 Å². The molecule has 2 heterocycles. The van der Waals surface area contributed by atoms with Crippen molar-refractivity contribution in [2.24, 2.45) is 4.99 Å². The van der Waals surface area contributed by atoms with E-state index in [-0.39, 0.29) is 18.3 Å². The fourth-order valence-electron chi connectivity index (χ4n) is 3.77. The molecule has 0 spiro atoms. The first-order valence-corrected chi connectivity index (χ1v) is 8.47. The number of halogens is 2. The molecule has 130 valence electrons. The third kappa shape index (κ3) is 2.70. The maximum Gasteiger partial charge on any atom is 0.218 e. The zero-order valence-electron chi connectivity index (χ0n) is 13.8. The standard InChI is InChI=1S/C19H18ClN3O.ClH/c1-13(24)22-19(14-6-4-7-15(20)12-14)16-8-2-3-9-17(16)23-11-5-10-21-18(19)23;/h2-4,6-9,12H,5,10-11H2,1H3,(H,22,24);1H. The summed E-state index contributed by atoms with van der Waals surface area (Å²) in [5.74, 6) is 0.785. The summed E-state index contributed by atoms with van der Waals surface area (Å²) in [5, 5.41) is 3.83. The van der Waals surface area contributed by atoms with Gasteiger partial charge in [-0.15, -0.1) is 12.4 Å². The summed E-state index contributed by atoms with van der Waals surface area (Å²) < 4.78 is 0. The third-order valence-electron chi connectivity index (χ3n) is 4.61. The lowest BCUT2D eigenvalue weighted by Gasteiger charge is -2.35. The van der Waals surface area contributed by atoms with Crippen molar-refractivity contribution in [2.45, 2.75) is 18.9 Å². The van der Waals surface area contributed by atoms with E-state index in [4.69, 9.17) is 16.6 Å². The Morgan fingerprint density at radius 3 is 2.80 bits per heavy atom. The molecule has 0 saturated heterocycles. The summed E-state index contributed by atoms with van der Waals surface area (Å²) in [4.78, 5) is 19.2. The average molecular weight is 376 g/mol. The van der Waals surface area contributed by atoms with Crippen molar-refractivity contribution in [3.05, 3.63) is 64.7 Å². The zero-order valence-corrected chi connectivity index (χ0v) is 15.4. The Kier molecular flexibility index (Phi) is 4.76. The van der Waals surface area contributed by atoms with Crippen molar-refractivity contribution >= 4 is 41.4 Å². The van der Waals surface area contributed by atoms with E-state index in [0.717, 1.165) is 42.2 Å². The molecule has 0 aliphatic carbocycles. The first-order chi connectivity index (χ1) is 11.6. The van der Waals surface area contributed by atoms with Crippen LogP contribution in [0.1, 0.15) is 24.5 Å². The molecule has 1 atom stereocenters. The number of benzene rings is 2. The van der Waals surface area contributed by atoms with Gasteiger partial charge in [0, 0.05) is 36.3 Å². The minimum Gasteiger partial charge on any atom is -0.336 e. The van der Waals surface area contributed by atoms with Gasteiger partial charge in [0.1, 0.15) is 5.84 Å². The van der Waals surface area contributed by atoms with Crippen molar-refractivity contribution in [2.75, 3.05) is 18.0 Å². The minimum atomic E-state index is -0.784. The van der Waals surface area contributed by atoms with E-state index < -0.39 is 5.54 Å². The van der Waals surface area contributed by atoms with Crippen LogP contribution in [-0.2, 0) is 10.3 Å². The number of amides is 1. The summed E-state index contributed by atoms with van der Waals surface area (Å²) in [5.41, 5.74) is 2.29. The van der Waals surface area contributed by atoms with Gasteiger partial charge in [0.15, 0.2) is 5.54 Å². The molecule has 1 N–H and O–H groups in total. The van der Waals surface area contributed by atoms with E-state index >= 15 is 0 Å². The molecule has 1 amide bonds. The number of nitrogens with zero attached hydrogens (tertiary/aromatic N) is 2. The predicted molar refractivity (Wildman–Crippen MR) is 104 cm³/mol. The number of hydrogen-bond donors (Lipinski definition) is 1. The molecule has 2 aromatic rings. The lowest BCUT2D eigenvalue weighted by Crippen LogP contribution is -2.54. The van der Waals surface area contributed by atoms with Crippen molar-refractivity contribution < 1.29 is 4.79 Å². The van der Waals surface area contributed by atoms with Crippen LogP contribution in [0.3, 0.4) is 0 Å². The summed E-state index contributed by atoms with van der Waals surface area (Å²) >= 11 is 6.26. The zero-order chi connectivity index (χ0) is 16.7. The van der Waals surface area contributed by atoms with Crippen LogP contribution in [0, 0.1) is 0 Å². The van der Waals surface area contributed by atoms with Crippen molar-refractivity contribution in [1.29, 1.82) is 0 Å². The molecule has 2 aromatic carbocycles. The number of carbonyl (C=O) groups excluding carboxylic acids is 1. The number of anilines is 1. The van der Waals surface area contributed by atoms with Crippen molar-refractivity contribution in [3.8, 4) is 0 Å². The largest absolute Gasteiger partial charge is 0.336 e. The maximum atomic E-state index is 12.1. The Morgan fingerprint density at radius 1 is 1.24 bits per heavy atom. The van der Waals surface area contributed by atoms with Crippen LogP contribution in [0.5, 0.6) is 0 Å². The topological polar surface area (TPSA) is 44.7 Å². The van der Waals surface area contributed by atoms with Gasteiger partial charge in [-0.25, -0.2) is 0 Å². The van der Waals surface area contributed by atoms with Gasteiger partial charge in [0.25, 0.3) is 0 Å². The van der Waals surface area contributed by atoms with Crippen LogP contribution in [0.2, 0.25) is 5.02 Å². The molecular formula is C19H19Cl2N3O. The Hall–Kier alpha value is -2.04. The lowest BCUT2D eigenvalue weighted by molar-refractivity contribution is -0.119.